The number of aryl methyl sites for hydroxylation is 2. The van der Waals surface area contributed by atoms with E-state index in [4.69, 9.17) is 0 Å². The lowest BCUT2D eigenvalue weighted by Gasteiger charge is -2.22. The second-order valence-corrected chi connectivity index (χ2v) is 13.6. The maximum absolute atomic E-state index is 4.27. The van der Waals surface area contributed by atoms with E-state index in [1.54, 1.807) is 0 Å². The molecule has 1 atom stereocenters. The van der Waals surface area contributed by atoms with Crippen molar-refractivity contribution in [2.45, 2.75) is 47.5 Å². The minimum Gasteiger partial charge on any atom is -0.0985 e. The normalized spacial score (nSPS) is 12.9. The summed E-state index contributed by atoms with van der Waals surface area (Å²) in [6.07, 6.45) is 10.8. The third kappa shape index (κ3) is 7.28. The minimum atomic E-state index is 0.208. The zero-order chi connectivity index (χ0) is 36.1. The average molecular weight is 661 g/mol. The van der Waals surface area contributed by atoms with Crippen molar-refractivity contribution in [1.82, 2.24) is 0 Å². The van der Waals surface area contributed by atoms with Crippen LogP contribution in [0.2, 0.25) is 0 Å². The Morgan fingerprint density at radius 2 is 1.24 bits per heavy atom. The van der Waals surface area contributed by atoms with Crippen molar-refractivity contribution in [2.75, 3.05) is 0 Å². The number of hydrogen-bond acceptors (Lipinski definition) is 0. The van der Waals surface area contributed by atoms with Gasteiger partial charge in [0.2, 0.25) is 0 Å². The molecular weight excluding hydrogens is 613 g/mol. The van der Waals surface area contributed by atoms with E-state index in [9.17, 15) is 0 Å². The van der Waals surface area contributed by atoms with Crippen LogP contribution in [0.4, 0.5) is 0 Å². The Bertz CT molecular complexity index is 2340. The molecule has 0 saturated heterocycles. The smallest absolute Gasteiger partial charge is 0.000114 e. The minimum absolute atomic E-state index is 0.208. The molecule has 0 saturated carbocycles. The van der Waals surface area contributed by atoms with E-state index in [1.807, 2.05) is 12.2 Å². The molecule has 6 rings (SSSR count). The molecule has 0 aromatic heterocycles. The van der Waals surface area contributed by atoms with E-state index >= 15 is 0 Å². The van der Waals surface area contributed by atoms with Gasteiger partial charge in [0.05, 0.1) is 0 Å². The monoisotopic (exact) mass is 660 g/mol. The Balaban J connectivity index is 1.64. The van der Waals surface area contributed by atoms with Crippen molar-refractivity contribution in [3.8, 4) is 33.4 Å². The van der Waals surface area contributed by atoms with E-state index in [1.165, 1.54) is 83.1 Å². The first-order valence-corrected chi connectivity index (χ1v) is 17.9. The molecule has 0 aliphatic rings. The first-order valence-electron chi connectivity index (χ1n) is 17.9. The molecule has 0 spiro atoms. The predicted octanol–water partition coefficient (Wildman–Crippen LogP) is 14.7. The van der Waals surface area contributed by atoms with E-state index in [0.29, 0.717) is 0 Å². The molecule has 0 heteroatoms. The number of benzene rings is 6. The molecule has 0 N–H and O–H groups in total. The van der Waals surface area contributed by atoms with Crippen molar-refractivity contribution in [1.29, 1.82) is 0 Å². The van der Waals surface area contributed by atoms with Crippen molar-refractivity contribution in [3.05, 3.63) is 203 Å². The first kappa shape index (κ1) is 35.1. The second kappa shape index (κ2) is 15.4. The highest BCUT2D eigenvalue weighted by Crippen LogP contribution is 2.44. The van der Waals surface area contributed by atoms with E-state index < -0.39 is 0 Å². The third-order valence-electron chi connectivity index (χ3n) is 10.4. The van der Waals surface area contributed by atoms with Crippen LogP contribution in [0, 0.1) is 20.8 Å². The van der Waals surface area contributed by atoms with Gasteiger partial charge in [-0.1, -0.05) is 160 Å². The summed E-state index contributed by atoms with van der Waals surface area (Å²) in [6.45, 7) is 21.5. The van der Waals surface area contributed by atoms with Gasteiger partial charge in [0.1, 0.15) is 0 Å². The molecule has 0 radical (unpaired) electrons. The summed E-state index contributed by atoms with van der Waals surface area (Å²) in [5.41, 5.74) is 18.3. The van der Waals surface area contributed by atoms with E-state index in [0.717, 1.165) is 11.1 Å². The SMILES string of the molecule is C=CC(=C/C(C)c1cccc(-c2c(/C=C(\C=C)c3ccccc3)c(C)c(-c3cccc(-c4ccc(C)c(C)c4)c3)c3ccccc23)c1)/C(C)=C\C. The van der Waals surface area contributed by atoms with Crippen molar-refractivity contribution >= 4 is 22.4 Å². The number of fused-ring (bicyclic) bond motifs is 1. The molecule has 0 heterocycles. The summed E-state index contributed by atoms with van der Waals surface area (Å²) >= 11 is 0. The summed E-state index contributed by atoms with van der Waals surface area (Å²) in [5, 5.41) is 2.48. The molecule has 6 aromatic rings. The number of rotatable bonds is 10. The van der Waals surface area contributed by atoms with Crippen LogP contribution in [-0.4, -0.2) is 0 Å². The topological polar surface area (TPSA) is 0 Å². The maximum Gasteiger partial charge on any atom is -0.000114 e. The molecular formula is C51H48. The van der Waals surface area contributed by atoms with E-state index in [2.05, 4.69) is 194 Å². The fraction of sp³-hybridized carbons (Fsp3) is 0.137. The molecule has 0 amide bonds. The largest absolute Gasteiger partial charge is 0.0985 e. The van der Waals surface area contributed by atoms with Gasteiger partial charge in [-0.2, -0.15) is 0 Å². The molecule has 0 fully saturated rings. The number of allylic oxidation sites excluding steroid dienone is 7. The fourth-order valence-electron chi connectivity index (χ4n) is 7.14. The summed E-state index contributed by atoms with van der Waals surface area (Å²) in [5.74, 6) is 0.208. The lowest BCUT2D eigenvalue weighted by Crippen LogP contribution is -1.98. The van der Waals surface area contributed by atoms with Gasteiger partial charge in [-0.25, -0.2) is 0 Å². The van der Waals surface area contributed by atoms with Gasteiger partial charge in [-0.05, 0) is 147 Å². The Kier molecular flexibility index (Phi) is 10.6. The standard InChI is InChI=1S/C51H48/c1-9-34(4)39(10-2)30-37(7)42-21-17-24-46(31-42)51-48-26-16-15-25-47(48)50(38(8)49(51)33-40(11-3)41-19-13-12-14-20-41)45-23-18-22-43(32-45)44-28-27-35(5)36(6)29-44/h9-33,37H,2-3H2,1,4-8H3/b34-9-,39-30-,40-33+. The van der Waals surface area contributed by atoms with Crippen LogP contribution in [0.5, 0.6) is 0 Å². The molecule has 0 nitrogen and oxygen atoms in total. The fourth-order valence-corrected chi connectivity index (χ4v) is 7.14. The Labute approximate surface area is 305 Å². The van der Waals surface area contributed by atoms with E-state index in [-0.39, 0.29) is 5.92 Å². The molecule has 0 bridgehead atoms. The molecule has 0 aliphatic carbocycles. The summed E-state index contributed by atoms with van der Waals surface area (Å²) in [4.78, 5) is 0. The lowest BCUT2D eigenvalue weighted by molar-refractivity contribution is 0.959. The summed E-state index contributed by atoms with van der Waals surface area (Å²) in [7, 11) is 0. The van der Waals surface area contributed by atoms with Crippen molar-refractivity contribution < 1.29 is 0 Å². The highest BCUT2D eigenvalue weighted by atomic mass is 14.2. The van der Waals surface area contributed by atoms with Crippen LogP contribution in [0.1, 0.15) is 60.1 Å². The third-order valence-corrected chi connectivity index (χ3v) is 10.4. The molecule has 51 heavy (non-hydrogen) atoms. The molecule has 1 unspecified atom stereocenters. The second-order valence-electron chi connectivity index (χ2n) is 13.6. The maximum atomic E-state index is 4.27. The van der Waals surface area contributed by atoms with Crippen LogP contribution >= 0.6 is 0 Å². The lowest BCUT2D eigenvalue weighted by atomic mass is 9.82. The Morgan fingerprint density at radius 3 is 1.90 bits per heavy atom. The molecule has 6 aromatic carbocycles. The summed E-state index contributed by atoms with van der Waals surface area (Å²) in [6, 6.07) is 44.4. The first-order chi connectivity index (χ1) is 24.7. The van der Waals surface area contributed by atoms with Gasteiger partial charge < -0.3 is 0 Å². The highest BCUT2D eigenvalue weighted by molar-refractivity contribution is 6.11. The highest BCUT2D eigenvalue weighted by Gasteiger charge is 2.20. The average Bonchev–Trinajstić information content (AvgIpc) is 3.17. The van der Waals surface area contributed by atoms with Crippen LogP contribution in [0.3, 0.4) is 0 Å². The van der Waals surface area contributed by atoms with Gasteiger partial charge in [-0.3, -0.25) is 0 Å². The zero-order valence-electron chi connectivity index (χ0n) is 30.9. The quantitative estimate of drug-likeness (QED) is 0.101. The predicted molar refractivity (Wildman–Crippen MR) is 225 cm³/mol. The molecule has 0 aliphatic heterocycles. The van der Waals surface area contributed by atoms with Crippen LogP contribution in [-0.2, 0) is 0 Å². The van der Waals surface area contributed by atoms with Gasteiger partial charge in [-0.15, -0.1) is 0 Å². The molecule has 252 valence electrons. The number of hydrogen-bond donors (Lipinski definition) is 0. The van der Waals surface area contributed by atoms with Crippen LogP contribution in [0.15, 0.2) is 170 Å². The Hall–Kier alpha value is -5.72. The van der Waals surface area contributed by atoms with Crippen molar-refractivity contribution in [2.24, 2.45) is 0 Å². The van der Waals surface area contributed by atoms with Gasteiger partial charge in [0.15, 0.2) is 0 Å². The van der Waals surface area contributed by atoms with Crippen LogP contribution in [0.25, 0.3) is 55.8 Å². The van der Waals surface area contributed by atoms with Gasteiger partial charge in [0, 0.05) is 0 Å². The van der Waals surface area contributed by atoms with Crippen LogP contribution < -0.4 is 0 Å². The zero-order valence-corrected chi connectivity index (χ0v) is 30.9. The van der Waals surface area contributed by atoms with Gasteiger partial charge in [0.25, 0.3) is 0 Å². The Morgan fingerprint density at radius 1 is 0.608 bits per heavy atom. The van der Waals surface area contributed by atoms with Gasteiger partial charge >= 0.3 is 0 Å². The summed E-state index contributed by atoms with van der Waals surface area (Å²) < 4.78 is 0. The van der Waals surface area contributed by atoms with Crippen molar-refractivity contribution in [3.63, 3.8) is 0 Å².